The van der Waals surface area contributed by atoms with Gasteiger partial charge >= 0.3 is 0 Å². The molecule has 0 aromatic heterocycles. The number of halogens is 1. The number of ether oxygens (including phenoxy) is 1. The quantitative estimate of drug-likeness (QED) is 0.867. The number of benzene rings is 1. The Morgan fingerprint density at radius 1 is 1.44 bits per heavy atom. The van der Waals surface area contributed by atoms with Gasteiger partial charge in [-0.25, -0.2) is 8.42 Å². The maximum Gasteiger partial charge on any atom is 0.150 e. The zero-order valence-corrected chi connectivity index (χ0v) is 10.5. The highest BCUT2D eigenvalue weighted by atomic mass is 35.5. The third kappa shape index (κ3) is 4.38. The molecule has 0 bridgehead atoms. The highest BCUT2D eigenvalue weighted by Gasteiger charge is 2.06. The van der Waals surface area contributed by atoms with Crippen molar-refractivity contribution in [1.82, 2.24) is 0 Å². The van der Waals surface area contributed by atoms with Crippen LogP contribution in [-0.4, -0.2) is 27.0 Å². The van der Waals surface area contributed by atoms with Crippen molar-refractivity contribution < 1.29 is 13.2 Å². The minimum Gasteiger partial charge on any atom is -0.492 e. The fraction of sp³-hybridized carbons (Fsp3) is 0.400. The van der Waals surface area contributed by atoms with Crippen LogP contribution in [0.15, 0.2) is 18.2 Å². The van der Waals surface area contributed by atoms with Gasteiger partial charge in [0.1, 0.15) is 12.4 Å². The number of sulfone groups is 1. The van der Waals surface area contributed by atoms with Crippen LogP contribution in [0.1, 0.15) is 5.56 Å². The maximum atomic E-state index is 10.9. The Balaban J connectivity index is 2.69. The summed E-state index contributed by atoms with van der Waals surface area (Å²) in [6, 6.07) is 5.11. The molecule has 1 aromatic carbocycles. The Morgan fingerprint density at radius 2 is 2.12 bits per heavy atom. The minimum atomic E-state index is -3.01. The molecule has 0 fully saturated rings. The van der Waals surface area contributed by atoms with Crippen LogP contribution >= 0.6 is 11.6 Å². The molecule has 16 heavy (non-hydrogen) atoms. The molecule has 0 spiro atoms. The van der Waals surface area contributed by atoms with E-state index in [4.69, 9.17) is 22.1 Å². The van der Waals surface area contributed by atoms with Crippen LogP contribution in [0, 0.1) is 0 Å². The molecule has 0 radical (unpaired) electrons. The third-order valence-electron chi connectivity index (χ3n) is 1.96. The van der Waals surface area contributed by atoms with Crippen molar-refractivity contribution in [2.45, 2.75) is 6.54 Å². The Morgan fingerprint density at radius 3 is 2.69 bits per heavy atom. The van der Waals surface area contributed by atoms with Gasteiger partial charge in [-0.05, 0) is 12.1 Å². The summed E-state index contributed by atoms with van der Waals surface area (Å²) in [5.41, 5.74) is 6.32. The Hall–Kier alpha value is -0.780. The van der Waals surface area contributed by atoms with E-state index in [1.807, 2.05) is 0 Å². The van der Waals surface area contributed by atoms with Gasteiger partial charge < -0.3 is 10.5 Å². The lowest BCUT2D eigenvalue weighted by atomic mass is 10.2. The Kier molecular flexibility index (Phi) is 4.58. The van der Waals surface area contributed by atoms with Crippen molar-refractivity contribution in [3.63, 3.8) is 0 Å². The number of nitrogens with two attached hydrogens (primary N) is 1. The lowest BCUT2D eigenvalue weighted by molar-refractivity contribution is 0.337. The standard InChI is InChI=1S/C10H14ClNO3S/c1-16(13,14)5-4-15-10-6-9(11)3-2-8(10)7-12/h2-3,6H,4-5,7,12H2,1H3. The minimum absolute atomic E-state index is 0.0243. The van der Waals surface area contributed by atoms with E-state index in [9.17, 15) is 8.42 Å². The van der Waals surface area contributed by atoms with E-state index >= 15 is 0 Å². The molecule has 0 unspecified atom stereocenters. The second-order valence-corrected chi connectivity index (χ2v) is 6.13. The van der Waals surface area contributed by atoms with Crippen molar-refractivity contribution in [2.75, 3.05) is 18.6 Å². The van der Waals surface area contributed by atoms with Gasteiger partial charge in [0.15, 0.2) is 9.84 Å². The van der Waals surface area contributed by atoms with Gasteiger partial charge in [0.25, 0.3) is 0 Å². The summed E-state index contributed by atoms with van der Waals surface area (Å²) in [7, 11) is -3.01. The maximum absolute atomic E-state index is 10.9. The summed E-state index contributed by atoms with van der Waals surface area (Å²) in [6.07, 6.45) is 1.16. The molecule has 90 valence electrons. The number of rotatable bonds is 5. The van der Waals surface area contributed by atoms with Crippen LogP contribution in [0.5, 0.6) is 5.75 Å². The topological polar surface area (TPSA) is 69.4 Å². The fourth-order valence-electron chi connectivity index (χ4n) is 1.13. The Bertz CT molecular complexity index is 459. The SMILES string of the molecule is CS(=O)(=O)CCOc1cc(Cl)ccc1CN. The normalized spacial score (nSPS) is 11.4. The van der Waals surface area contributed by atoms with Gasteiger partial charge in [0.05, 0.1) is 5.75 Å². The third-order valence-corrected chi connectivity index (χ3v) is 3.10. The Labute approximate surface area is 100 Å². The monoisotopic (exact) mass is 263 g/mol. The van der Waals surface area contributed by atoms with E-state index in [0.29, 0.717) is 17.3 Å². The molecule has 0 atom stereocenters. The number of hydrogen-bond donors (Lipinski definition) is 1. The van der Waals surface area contributed by atoms with Crippen molar-refractivity contribution in [2.24, 2.45) is 5.73 Å². The summed E-state index contributed by atoms with van der Waals surface area (Å²) in [5.74, 6) is 0.516. The van der Waals surface area contributed by atoms with Crippen molar-refractivity contribution in [3.8, 4) is 5.75 Å². The van der Waals surface area contributed by atoms with Gasteiger partial charge in [0, 0.05) is 23.4 Å². The largest absolute Gasteiger partial charge is 0.492 e. The highest BCUT2D eigenvalue weighted by Crippen LogP contribution is 2.22. The second kappa shape index (κ2) is 5.52. The molecule has 0 saturated carbocycles. The molecule has 0 aliphatic heterocycles. The first-order valence-electron chi connectivity index (χ1n) is 4.71. The zero-order chi connectivity index (χ0) is 12.2. The van der Waals surface area contributed by atoms with Crippen LogP contribution in [-0.2, 0) is 16.4 Å². The van der Waals surface area contributed by atoms with E-state index in [2.05, 4.69) is 0 Å². The van der Waals surface area contributed by atoms with Gasteiger partial charge in [-0.3, -0.25) is 0 Å². The molecule has 1 aromatic rings. The van der Waals surface area contributed by atoms with Crippen molar-refractivity contribution in [1.29, 1.82) is 0 Å². The molecule has 0 aliphatic rings. The molecular formula is C10H14ClNO3S. The van der Waals surface area contributed by atoms with E-state index in [1.54, 1.807) is 18.2 Å². The van der Waals surface area contributed by atoms with Crippen molar-refractivity contribution >= 4 is 21.4 Å². The lowest BCUT2D eigenvalue weighted by Crippen LogP contribution is -2.13. The van der Waals surface area contributed by atoms with E-state index < -0.39 is 9.84 Å². The van der Waals surface area contributed by atoms with Gasteiger partial charge in [0.2, 0.25) is 0 Å². The predicted molar refractivity (Wildman–Crippen MR) is 64.5 cm³/mol. The van der Waals surface area contributed by atoms with Crippen LogP contribution in [0.3, 0.4) is 0 Å². The summed E-state index contributed by atoms with van der Waals surface area (Å²) < 4.78 is 27.2. The smallest absolute Gasteiger partial charge is 0.150 e. The molecule has 0 aliphatic carbocycles. The number of hydrogen-bond acceptors (Lipinski definition) is 4. The zero-order valence-electron chi connectivity index (χ0n) is 8.94. The summed E-state index contributed by atoms with van der Waals surface area (Å²) in [5, 5.41) is 0.534. The first-order chi connectivity index (χ1) is 7.42. The summed E-state index contributed by atoms with van der Waals surface area (Å²) in [4.78, 5) is 0. The van der Waals surface area contributed by atoms with Gasteiger partial charge in [-0.1, -0.05) is 17.7 Å². The van der Waals surface area contributed by atoms with E-state index in [0.717, 1.165) is 11.8 Å². The van der Waals surface area contributed by atoms with Crippen molar-refractivity contribution in [3.05, 3.63) is 28.8 Å². The summed E-state index contributed by atoms with van der Waals surface area (Å²) in [6.45, 7) is 0.428. The van der Waals surface area contributed by atoms with Gasteiger partial charge in [-0.15, -0.1) is 0 Å². The molecule has 0 saturated heterocycles. The van der Waals surface area contributed by atoms with E-state index in [-0.39, 0.29) is 12.4 Å². The lowest BCUT2D eigenvalue weighted by Gasteiger charge is -2.10. The molecule has 0 heterocycles. The van der Waals surface area contributed by atoms with Crippen LogP contribution in [0.25, 0.3) is 0 Å². The molecule has 2 N–H and O–H groups in total. The van der Waals surface area contributed by atoms with Gasteiger partial charge in [-0.2, -0.15) is 0 Å². The van der Waals surface area contributed by atoms with E-state index in [1.165, 1.54) is 0 Å². The first-order valence-corrected chi connectivity index (χ1v) is 7.15. The molecule has 0 amide bonds. The average molecular weight is 264 g/mol. The molecule has 6 heteroatoms. The fourth-order valence-corrected chi connectivity index (χ4v) is 1.68. The average Bonchev–Trinajstić information content (AvgIpc) is 2.16. The van der Waals surface area contributed by atoms with Crippen LogP contribution in [0.2, 0.25) is 5.02 Å². The predicted octanol–water partition coefficient (Wildman–Crippen LogP) is 1.22. The molecular weight excluding hydrogens is 250 g/mol. The first kappa shape index (κ1) is 13.3. The molecule has 1 rings (SSSR count). The van der Waals surface area contributed by atoms with Crippen LogP contribution < -0.4 is 10.5 Å². The summed E-state index contributed by atoms with van der Waals surface area (Å²) >= 11 is 5.80. The van der Waals surface area contributed by atoms with Crippen LogP contribution in [0.4, 0.5) is 0 Å². The second-order valence-electron chi connectivity index (χ2n) is 3.43. The highest BCUT2D eigenvalue weighted by molar-refractivity contribution is 7.90. The molecule has 4 nitrogen and oxygen atoms in total.